The molecular weight excluding hydrogens is 609 g/mol. The SMILES string of the molecule is COCCCC1(Cn2ncc(-c3sc(Nc4nnc(Nc5nc6ccccc6s5)c(C)c4C)nc3C(=O)O)c2C)CCCCC1. The van der Waals surface area contributed by atoms with Crippen molar-refractivity contribution in [1.82, 2.24) is 29.9 Å². The molecule has 45 heavy (non-hydrogen) atoms. The lowest BCUT2D eigenvalue weighted by molar-refractivity contribution is 0.0692. The number of nitrogens with zero attached hydrogens (tertiary/aromatic N) is 6. The van der Waals surface area contributed by atoms with Crippen LogP contribution in [0, 0.1) is 26.2 Å². The van der Waals surface area contributed by atoms with E-state index in [2.05, 4.69) is 35.5 Å². The molecule has 1 aliphatic carbocycles. The third-order valence-electron chi connectivity index (χ3n) is 8.90. The largest absolute Gasteiger partial charge is 0.476 e. The van der Waals surface area contributed by atoms with Gasteiger partial charge in [0, 0.05) is 42.6 Å². The van der Waals surface area contributed by atoms with Gasteiger partial charge in [0.1, 0.15) is 0 Å². The Morgan fingerprint density at radius 3 is 2.36 bits per heavy atom. The Morgan fingerprint density at radius 2 is 1.69 bits per heavy atom. The van der Waals surface area contributed by atoms with Gasteiger partial charge in [0.05, 0.1) is 21.3 Å². The number of nitrogens with one attached hydrogen (secondary N) is 2. The highest BCUT2D eigenvalue weighted by Crippen LogP contribution is 2.43. The topological polar surface area (TPSA) is 140 Å². The van der Waals surface area contributed by atoms with Crippen molar-refractivity contribution >= 4 is 60.8 Å². The summed E-state index contributed by atoms with van der Waals surface area (Å²) < 4.78 is 8.49. The van der Waals surface area contributed by atoms with Crippen molar-refractivity contribution < 1.29 is 14.6 Å². The van der Waals surface area contributed by atoms with Crippen molar-refractivity contribution in [3.63, 3.8) is 0 Å². The Labute approximate surface area is 270 Å². The molecular formula is C32H38N8O3S2. The number of benzene rings is 1. The van der Waals surface area contributed by atoms with Crippen molar-refractivity contribution in [1.29, 1.82) is 0 Å². The fraction of sp³-hybridized carbons (Fsp3) is 0.438. The first kappa shape index (κ1) is 31.1. The van der Waals surface area contributed by atoms with Crippen LogP contribution in [-0.4, -0.2) is 54.7 Å². The van der Waals surface area contributed by atoms with Gasteiger partial charge < -0.3 is 20.5 Å². The normalized spacial score (nSPS) is 14.6. The van der Waals surface area contributed by atoms with E-state index in [4.69, 9.17) is 9.84 Å². The van der Waals surface area contributed by atoms with Crippen LogP contribution in [-0.2, 0) is 11.3 Å². The molecule has 1 fully saturated rings. The smallest absolute Gasteiger partial charge is 0.356 e. The first-order chi connectivity index (χ1) is 21.8. The van der Waals surface area contributed by atoms with Crippen molar-refractivity contribution in [3.05, 3.63) is 53.0 Å². The number of rotatable bonds is 12. The molecule has 0 spiro atoms. The van der Waals surface area contributed by atoms with E-state index in [0.29, 0.717) is 21.6 Å². The lowest BCUT2D eigenvalue weighted by Gasteiger charge is -2.37. The van der Waals surface area contributed by atoms with E-state index in [1.165, 1.54) is 43.4 Å². The molecule has 0 atom stereocenters. The molecule has 5 aromatic rings. The number of methoxy groups -OCH3 is 1. The van der Waals surface area contributed by atoms with Gasteiger partial charge >= 0.3 is 5.97 Å². The van der Waals surface area contributed by atoms with Gasteiger partial charge in [-0.25, -0.2) is 14.8 Å². The van der Waals surface area contributed by atoms with Crippen LogP contribution in [0.15, 0.2) is 30.5 Å². The van der Waals surface area contributed by atoms with Gasteiger partial charge in [-0.3, -0.25) is 4.68 Å². The highest BCUT2D eigenvalue weighted by Gasteiger charge is 2.33. The summed E-state index contributed by atoms with van der Waals surface area (Å²) in [7, 11) is 1.75. The first-order valence-corrected chi connectivity index (χ1v) is 16.9. The van der Waals surface area contributed by atoms with Gasteiger partial charge in [-0.15, -0.1) is 10.2 Å². The molecule has 3 N–H and O–H groups in total. The van der Waals surface area contributed by atoms with E-state index in [-0.39, 0.29) is 11.1 Å². The van der Waals surface area contributed by atoms with Crippen LogP contribution in [0.5, 0.6) is 0 Å². The molecule has 1 aliphatic rings. The zero-order chi connectivity index (χ0) is 31.6. The number of fused-ring (bicyclic) bond motifs is 1. The number of para-hydroxylation sites is 1. The number of carboxylic acid groups (broad SMARTS) is 1. The number of hydrogen-bond acceptors (Lipinski definition) is 11. The molecule has 0 amide bonds. The van der Waals surface area contributed by atoms with Crippen molar-refractivity contribution in [2.75, 3.05) is 24.4 Å². The number of aromatic carboxylic acids is 1. The summed E-state index contributed by atoms with van der Waals surface area (Å²) in [5, 5.41) is 31.4. The maximum atomic E-state index is 12.3. The minimum atomic E-state index is -1.08. The molecule has 0 unspecified atom stereocenters. The predicted octanol–water partition coefficient (Wildman–Crippen LogP) is 7.89. The monoisotopic (exact) mass is 646 g/mol. The van der Waals surface area contributed by atoms with Crippen LogP contribution in [0.1, 0.15) is 72.3 Å². The average molecular weight is 647 g/mol. The summed E-state index contributed by atoms with van der Waals surface area (Å²) in [5.74, 6) is 0.0468. The van der Waals surface area contributed by atoms with Crippen LogP contribution in [0.3, 0.4) is 0 Å². The van der Waals surface area contributed by atoms with E-state index >= 15 is 0 Å². The molecule has 0 aliphatic heterocycles. The van der Waals surface area contributed by atoms with Gasteiger partial charge in [0.25, 0.3) is 0 Å². The van der Waals surface area contributed by atoms with Crippen molar-refractivity contribution in [3.8, 4) is 10.4 Å². The standard InChI is InChI=1S/C32H38N8O3S2/c1-19-20(2)28(39-38-27(19)36-30-34-23-11-6-7-12-24(23)44-30)37-31-35-25(29(41)42)26(45-31)22-17-33-40(21(22)3)18-32(15-10-16-43-4)13-8-5-9-14-32/h6-7,11-12,17H,5,8-10,13-16,18H2,1-4H3,(H,41,42)(H,34,36,38)(H,35,37,39). The molecule has 0 saturated heterocycles. The predicted molar refractivity (Wildman–Crippen MR) is 179 cm³/mol. The molecule has 0 radical (unpaired) electrons. The number of anilines is 4. The van der Waals surface area contributed by atoms with E-state index in [1.807, 2.05) is 45.0 Å². The summed E-state index contributed by atoms with van der Waals surface area (Å²) in [4.78, 5) is 22.0. The number of aromatic nitrogens is 6. The third kappa shape index (κ3) is 6.56. The van der Waals surface area contributed by atoms with Crippen molar-refractivity contribution in [2.45, 2.75) is 72.3 Å². The lowest BCUT2D eigenvalue weighted by atomic mass is 9.71. The first-order valence-electron chi connectivity index (χ1n) is 15.3. The third-order valence-corrected chi connectivity index (χ3v) is 10.9. The fourth-order valence-corrected chi connectivity index (χ4v) is 8.08. The quantitative estimate of drug-likeness (QED) is 0.115. The molecule has 236 valence electrons. The Morgan fingerprint density at radius 1 is 1.00 bits per heavy atom. The second kappa shape index (κ2) is 13.2. The van der Waals surface area contributed by atoms with Gasteiger partial charge in [-0.2, -0.15) is 5.10 Å². The minimum absolute atomic E-state index is 0.00548. The highest BCUT2D eigenvalue weighted by atomic mass is 32.1. The zero-order valence-corrected chi connectivity index (χ0v) is 27.6. The van der Waals surface area contributed by atoms with Gasteiger partial charge in [-0.1, -0.05) is 54.1 Å². The Hall–Kier alpha value is -3.94. The highest BCUT2D eigenvalue weighted by molar-refractivity contribution is 7.22. The van der Waals surface area contributed by atoms with E-state index in [9.17, 15) is 9.90 Å². The number of carboxylic acids is 1. The fourth-order valence-electron chi connectivity index (χ4n) is 6.20. The molecule has 4 aromatic heterocycles. The summed E-state index contributed by atoms with van der Waals surface area (Å²) in [6, 6.07) is 7.97. The molecule has 1 aromatic carbocycles. The number of thiazole rings is 2. The molecule has 0 bridgehead atoms. The van der Waals surface area contributed by atoms with Crippen molar-refractivity contribution in [2.24, 2.45) is 5.41 Å². The molecule has 11 nitrogen and oxygen atoms in total. The van der Waals surface area contributed by atoms with E-state index in [1.54, 1.807) is 24.6 Å². The summed E-state index contributed by atoms with van der Waals surface area (Å²) in [5.41, 5.74) is 4.61. The van der Waals surface area contributed by atoms with E-state index in [0.717, 1.165) is 63.7 Å². The van der Waals surface area contributed by atoms with Gasteiger partial charge in [0.2, 0.25) is 0 Å². The second-order valence-corrected chi connectivity index (χ2v) is 13.9. The van der Waals surface area contributed by atoms with Crippen LogP contribution in [0.25, 0.3) is 20.7 Å². The molecule has 4 heterocycles. The Bertz CT molecular complexity index is 1790. The Balaban J connectivity index is 1.23. The minimum Gasteiger partial charge on any atom is -0.476 e. The van der Waals surface area contributed by atoms with Crippen LogP contribution < -0.4 is 10.6 Å². The average Bonchev–Trinajstić information content (AvgIpc) is 3.74. The van der Waals surface area contributed by atoms with Gasteiger partial charge in [0.15, 0.2) is 27.6 Å². The van der Waals surface area contributed by atoms with Gasteiger partial charge in [-0.05, 0) is 64.0 Å². The summed E-state index contributed by atoms with van der Waals surface area (Å²) >= 11 is 2.84. The maximum absolute atomic E-state index is 12.3. The Kier molecular flexibility index (Phi) is 9.11. The number of hydrogen-bond donors (Lipinski definition) is 3. The lowest BCUT2D eigenvalue weighted by Crippen LogP contribution is -2.31. The number of ether oxygens (including phenoxy) is 1. The second-order valence-electron chi connectivity index (χ2n) is 11.8. The molecule has 6 rings (SSSR count). The summed E-state index contributed by atoms with van der Waals surface area (Å²) in [6.45, 7) is 7.51. The van der Waals surface area contributed by atoms with E-state index < -0.39 is 5.97 Å². The van der Waals surface area contributed by atoms with Crippen LogP contribution in [0.2, 0.25) is 0 Å². The number of carbonyl (C=O) groups is 1. The molecule has 1 saturated carbocycles. The van der Waals surface area contributed by atoms with Crippen LogP contribution in [0.4, 0.5) is 21.9 Å². The zero-order valence-electron chi connectivity index (χ0n) is 26.0. The molecule has 13 heteroatoms. The summed E-state index contributed by atoms with van der Waals surface area (Å²) in [6.07, 6.45) is 9.99. The van der Waals surface area contributed by atoms with Crippen LogP contribution >= 0.6 is 22.7 Å². The maximum Gasteiger partial charge on any atom is 0.356 e.